The fourth-order valence-electron chi connectivity index (χ4n) is 3.13. The second kappa shape index (κ2) is 4.61. The number of nitrogens with zero attached hydrogens (tertiary/aromatic N) is 1. The van der Waals surface area contributed by atoms with Crippen LogP contribution in [0.4, 0.5) is 4.79 Å². The van der Waals surface area contributed by atoms with Gasteiger partial charge in [0.2, 0.25) is 0 Å². The van der Waals surface area contributed by atoms with E-state index in [0.29, 0.717) is 6.54 Å². The van der Waals surface area contributed by atoms with Crippen LogP contribution in [0.3, 0.4) is 0 Å². The number of rotatable bonds is 2. The minimum absolute atomic E-state index is 0.121. The summed E-state index contributed by atoms with van der Waals surface area (Å²) >= 11 is 0. The summed E-state index contributed by atoms with van der Waals surface area (Å²) in [7, 11) is 0. The highest BCUT2D eigenvalue weighted by Gasteiger charge is 2.29. The molecule has 100 valence electrons. The van der Waals surface area contributed by atoms with E-state index in [-0.39, 0.29) is 6.04 Å². The molecule has 0 radical (unpaired) electrons. The van der Waals surface area contributed by atoms with Gasteiger partial charge in [0, 0.05) is 29.2 Å². The van der Waals surface area contributed by atoms with Gasteiger partial charge in [0.05, 0.1) is 0 Å². The van der Waals surface area contributed by atoms with E-state index < -0.39 is 6.09 Å². The topological polar surface area (TPSA) is 56.3 Å². The predicted molar refractivity (Wildman–Crippen MR) is 74.5 cm³/mol. The lowest BCUT2D eigenvalue weighted by molar-refractivity contribution is 0.140. The SMILES string of the molecule is Cc1[nH]c2ccccc2c1CC1CCCN1C(=O)O. The number of likely N-dealkylation sites (tertiary alicyclic amines) is 1. The number of hydrogen-bond donors (Lipinski definition) is 2. The average Bonchev–Trinajstić information content (AvgIpc) is 2.96. The van der Waals surface area contributed by atoms with E-state index in [1.54, 1.807) is 4.90 Å². The van der Waals surface area contributed by atoms with Crippen LogP contribution in [-0.2, 0) is 6.42 Å². The van der Waals surface area contributed by atoms with Crippen molar-refractivity contribution >= 4 is 17.0 Å². The van der Waals surface area contributed by atoms with Crippen molar-refractivity contribution in [1.29, 1.82) is 0 Å². The highest BCUT2D eigenvalue weighted by molar-refractivity contribution is 5.84. The number of carboxylic acid groups (broad SMARTS) is 1. The minimum Gasteiger partial charge on any atom is -0.465 e. The molecule has 1 aliphatic heterocycles. The first-order valence-corrected chi connectivity index (χ1v) is 6.72. The van der Waals surface area contributed by atoms with Crippen LogP contribution >= 0.6 is 0 Å². The van der Waals surface area contributed by atoms with Crippen LogP contribution < -0.4 is 0 Å². The minimum atomic E-state index is -0.792. The van der Waals surface area contributed by atoms with Crippen molar-refractivity contribution in [1.82, 2.24) is 9.88 Å². The van der Waals surface area contributed by atoms with Gasteiger partial charge in [-0.15, -0.1) is 0 Å². The summed E-state index contributed by atoms with van der Waals surface area (Å²) in [4.78, 5) is 16.2. The summed E-state index contributed by atoms with van der Waals surface area (Å²) in [6, 6.07) is 8.34. The van der Waals surface area contributed by atoms with Gasteiger partial charge >= 0.3 is 6.09 Å². The summed E-state index contributed by atoms with van der Waals surface area (Å²) < 4.78 is 0. The zero-order chi connectivity index (χ0) is 13.4. The Hall–Kier alpha value is -1.97. The van der Waals surface area contributed by atoms with Crippen LogP contribution in [0.5, 0.6) is 0 Å². The summed E-state index contributed by atoms with van der Waals surface area (Å²) in [5.74, 6) is 0. The maximum atomic E-state index is 11.2. The van der Waals surface area contributed by atoms with Crippen molar-refractivity contribution in [3.8, 4) is 0 Å². The van der Waals surface area contributed by atoms with Crippen molar-refractivity contribution < 1.29 is 9.90 Å². The largest absolute Gasteiger partial charge is 0.465 e. The normalized spacial score (nSPS) is 19.2. The molecule has 1 aliphatic rings. The van der Waals surface area contributed by atoms with Crippen LogP contribution in [0.2, 0.25) is 0 Å². The predicted octanol–water partition coefficient (Wildman–Crippen LogP) is 3.16. The summed E-state index contributed by atoms with van der Waals surface area (Å²) in [6.07, 6.45) is 1.95. The van der Waals surface area contributed by atoms with Crippen LogP contribution in [-0.4, -0.2) is 33.7 Å². The Labute approximate surface area is 112 Å². The number of aryl methyl sites for hydroxylation is 1. The second-order valence-electron chi connectivity index (χ2n) is 5.25. The van der Waals surface area contributed by atoms with Gasteiger partial charge in [0.1, 0.15) is 0 Å². The zero-order valence-corrected chi connectivity index (χ0v) is 11.0. The van der Waals surface area contributed by atoms with Crippen molar-refractivity contribution in [2.45, 2.75) is 32.2 Å². The molecule has 0 saturated carbocycles. The molecule has 4 nitrogen and oxygen atoms in total. The fourth-order valence-corrected chi connectivity index (χ4v) is 3.13. The number of H-pyrrole nitrogens is 1. The smallest absolute Gasteiger partial charge is 0.407 e. The van der Waals surface area contributed by atoms with Gasteiger partial charge in [0.15, 0.2) is 0 Å². The molecule has 1 unspecified atom stereocenters. The molecule has 1 fully saturated rings. The number of amides is 1. The quantitative estimate of drug-likeness (QED) is 0.869. The van der Waals surface area contributed by atoms with Gasteiger partial charge < -0.3 is 15.0 Å². The van der Waals surface area contributed by atoms with Crippen molar-refractivity contribution in [2.24, 2.45) is 0 Å². The van der Waals surface area contributed by atoms with E-state index in [4.69, 9.17) is 0 Å². The Balaban J connectivity index is 1.93. The number of benzene rings is 1. The van der Waals surface area contributed by atoms with E-state index in [1.807, 2.05) is 12.1 Å². The molecular weight excluding hydrogens is 240 g/mol. The van der Waals surface area contributed by atoms with Crippen molar-refractivity contribution in [2.75, 3.05) is 6.54 Å². The van der Waals surface area contributed by atoms with Gasteiger partial charge in [-0.3, -0.25) is 0 Å². The molecule has 0 bridgehead atoms. The van der Waals surface area contributed by atoms with Gasteiger partial charge in [-0.05, 0) is 37.8 Å². The van der Waals surface area contributed by atoms with Crippen LogP contribution in [0, 0.1) is 6.92 Å². The van der Waals surface area contributed by atoms with E-state index >= 15 is 0 Å². The first-order valence-electron chi connectivity index (χ1n) is 6.72. The molecule has 1 amide bonds. The lowest BCUT2D eigenvalue weighted by atomic mass is 10.0. The van der Waals surface area contributed by atoms with Crippen molar-refractivity contribution in [3.05, 3.63) is 35.5 Å². The number of aromatic amines is 1. The number of carbonyl (C=O) groups is 1. The number of hydrogen-bond acceptors (Lipinski definition) is 1. The zero-order valence-electron chi connectivity index (χ0n) is 11.0. The molecule has 1 atom stereocenters. The van der Waals surface area contributed by atoms with Gasteiger partial charge in [-0.1, -0.05) is 18.2 Å². The molecule has 1 aromatic heterocycles. The number of aromatic nitrogens is 1. The molecule has 0 spiro atoms. The van der Waals surface area contributed by atoms with Gasteiger partial charge in [-0.25, -0.2) is 4.79 Å². The molecular formula is C15H18N2O2. The number of fused-ring (bicyclic) bond motifs is 1. The molecule has 4 heteroatoms. The molecule has 3 rings (SSSR count). The van der Waals surface area contributed by atoms with Crippen LogP contribution in [0.1, 0.15) is 24.1 Å². The summed E-state index contributed by atoms with van der Waals surface area (Å²) in [5.41, 5.74) is 3.54. The van der Waals surface area contributed by atoms with Gasteiger partial charge in [-0.2, -0.15) is 0 Å². The third kappa shape index (κ3) is 2.07. The fraction of sp³-hybridized carbons (Fsp3) is 0.400. The second-order valence-corrected chi connectivity index (χ2v) is 5.25. The monoisotopic (exact) mass is 258 g/mol. The Morgan fingerprint density at radius 3 is 3.05 bits per heavy atom. The molecule has 2 N–H and O–H groups in total. The lowest BCUT2D eigenvalue weighted by Gasteiger charge is -2.21. The summed E-state index contributed by atoms with van der Waals surface area (Å²) in [5, 5.41) is 10.4. The maximum Gasteiger partial charge on any atom is 0.407 e. The first kappa shape index (κ1) is 12.1. The maximum absolute atomic E-state index is 11.2. The molecule has 2 heterocycles. The number of para-hydroxylation sites is 1. The van der Waals surface area contributed by atoms with Crippen molar-refractivity contribution in [3.63, 3.8) is 0 Å². The molecule has 2 aromatic rings. The summed E-state index contributed by atoms with van der Waals surface area (Å²) in [6.45, 7) is 2.73. The first-order chi connectivity index (χ1) is 9.16. The number of nitrogens with one attached hydrogen (secondary N) is 1. The Kier molecular flexibility index (Phi) is 2.93. The molecule has 1 saturated heterocycles. The molecule has 1 aromatic carbocycles. The molecule has 0 aliphatic carbocycles. The van der Waals surface area contributed by atoms with E-state index in [9.17, 15) is 9.90 Å². The standard InChI is InChI=1S/C15H18N2O2/c1-10-13(12-6-2-3-7-14(12)16-10)9-11-5-4-8-17(11)15(18)19/h2-3,6-7,11,16H,4-5,8-9H2,1H3,(H,18,19). The highest BCUT2D eigenvalue weighted by Crippen LogP contribution is 2.27. The van der Waals surface area contributed by atoms with Gasteiger partial charge in [0.25, 0.3) is 0 Å². The van der Waals surface area contributed by atoms with E-state index in [1.165, 1.54) is 10.9 Å². The van der Waals surface area contributed by atoms with Crippen LogP contribution in [0.25, 0.3) is 10.9 Å². The van der Waals surface area contributed by atoms with Crippen LogP contribution in [0.15, 0.2) is 24.3 Å². The molecule has 19 heavy (non-hydrogen) atoms. The van der Waals surface area contributed by atoms with E-state index in [2.05, 4.69) is 24.0 Å². The Morgan fingerprint density at radius 2 is 2.26 bits per heavy atom. The average molecular weight is 258 g/mol. The third-order valence-corrected chi connectivity index (χ3v) is 4.09. The Bertz CT molecular complexity index is 618. The Morgan fingerprint density at radius 1 is 1.47 bits per heavy atom. The highest BCUT2D eigenvalue weighted by atomic mass is 16.4. The van der Waals surface area contributed by atoms with E-state index in [0.717, 1.165) is 30.5 Å². The third-order valence-electron chi connectivity index (χ3n) is 4.09. The lowest BCUT2D eigenvalue weighted by Crippen LogP contribution is -2.35.